The number of hydrogen-bond acceptors (Lipinski definition) is 6. The predicted molar refractivity (Wildman–Crippen MR) is 93.1 cm³/mol. The highest BCUT2D eigenvalue weighted by Gasteiger charge is 2.29. The van der Waals surface area contributed by atoms with E-state index >= 15 is 0 Å². The van der Waals surface area contributed by atoms with Crippen molar-refractivity contribution < 1.29 is 13.2 Å². The lowest BCUT2D eigenvalue weighted by Gasteiger charge is -2.29. The second-order valence-corrected chi connectivity index (χ2v) is 8.52. The zero-order valence-corrected chi connectivity index (χ0v) is 14.8. The van der Waals surface area contributed by atoms with Crippen LogP contribution in [0, 0.1) is 5.92 Å². The van der Waals surface area contributed by atoms with Gasteiger partial charge < -0.3 is 5.32 Å². The predicted octanol–water partition coefficient (Wildman–Crippen LogP) is 1.82. The normalized spacial score (nSPS) is 16.9. The van der Waals surface area contributed by atoms with E-state index in [1.165, 1.54) is 21.9 Å². The van der Waals surface area contributed by atoms with Crippen molar-refractivity contribution in [3.63, 3.8) is 0 Å². The number of amides is 1. The molecule has 0 unspecified atom stereocenters. The van der Waals surface area contributed by atoms with Crippen molar-refractivity contribution in [3.05, 3.63) is 29.8 Å². The highest BCUT2D eigenvalue weighted by atomic mass is 32.2. The van der Waals surface area contributed by atoms with Gasteiger partial charge in [0.2, 0.25) is 15.9 Å². The van der Waals surface area contributed by atoms with Gasteiger partial charge in [-0.1, -0.05) is 6.07 Å². The number of sulfonamides is 1. The molecule has 1 aliphatic rings. The van der Waals surface area contributed by atoms with Crippen LogP contribution in [-0.4, -0.2) is 47.9 Å². The van der Waals surface area contributed by atoms with Crippen LogP contribution in [0.5, 0.6) is 0 Å². The fourth-order valence-electron chi connectivity index (χ4n) is 2.62. The maximum absolute atomic E-state index is 12.3. The average molecular weight is 366 g/mol. The van der Waals surface area contributed by atoms with E-state index in [1.54, 1.807) is 6.20 Å². The molecule has 0 spiro atoms. The van der Waals surface area contributed by atoms with Gasteiger partial charge in [0.1, 0.15) is 5.69 Å². The quantitative estimate of drug-likeness (QED) is 0.891. The number of pyridine rings is 1. The van der Waals surface area contributed by atoms with E-state index in [1.807, 2.05) is 23.6 Å². The lowest BCUT2D eigenvalue weighted by Crippen LogP contribution is -2.40. The molecule has 3 heterocycles. The van der Waals surface area contributed by atoms with Crippen molar-refractivity contribution in [3.8, 4) is 11.4 Å². The summed E-state index contributed by atoms with van der Waals surface area (Å²) >= 11 is 1.35. The van der Waals surface area contributed by atoms with Crippen molar-refractivity contribution in [2.24, 2.45) is 5.92 Å². The summed E-state index contributed by atoms with van der Waals surface area (Å²) in [6.45, 7) is 0.766. The standard InChI is InChI=1S/C15H18N4O3S2/c1-24(21,22)19-8-5-11(6-9-19)14(20)18-15-17-13(10-23-15)12-4-2-3-7-16-12/h2-4,7,10-11H,5-6,8-9H2,1H3,(H,17,18,20). The SMILES string of the molecule is CS(=O)(=O)N1CCC(C(=O)Nc2nc(-c3ccccn3)cs2)CC1. The van der Waals surface area contributed by atoms with Gasteiger partial charge in [-0.25, -0.2) is 17.7 Å². The molecule has 0 atom stereocenters. The van der Waals surface area contributed by atoms with Crippen LogP contribution >= 0.6 is 11.3 Å². The van der Waals surface area contributed by atoms with Crippen molar-refractivity contribution >= 4 is 32.4 Å². The first-order valence-corrected chi connectivity index (χ1v) is 10.3. The Balaban J connectivity index is 1.59. The molecular formula is C15H18N4O3S2. The summed E-state index contributed by atoms with van der Waals surface area (Å²) in [6.07, 6.45) is 3.94. The second-order valence-electron chi connectivity index (χ2n) is 5.68. The number of carbonyl (C=O) groups excluding carboxylic acids is 1. The van der Waals surface area contributed by atoms with Gasteiger partial charge in [0.05, 0.1) is 11.9 Å². The van der Waals surface area contributed by atoms with E-state index in [4.69, 9.17) is 0 Å². The maximum atomic E-state index is 12.3. The first-order chi connectivity index (χ1) is 11.4. The molecule has 3 rings (SSSR count). The van der Waals surface area contributed by atoms with E-state index in [-0.39, 0.29) is 11.8 Å². The molecule has 2 aromatic rings. The number of aromatic nitrogens is 2. The summed E-state index contributed by atoms with van der Waals surface area (Å²) in [5, 5.41) is 5.21. The first-order valence-electron chi connectivity index (χ1n) is 7.56. The highest BCUT2D eigenvalue weighted by molar-refractivity contribution is 7.88. The van der Waals surface area contributed by atoms with Crippen molar-refractivity contribution in [2.75, 3.05) is 24.7 Å². The lowest BCUT2D eigenvalue weighted by atomic mass is 9.97. The number of nitrogens with one attached hydrogen (secondary N) is 1. The molecule has 0 saturated carbocycles. The molecule has 0 aromatic carbocycles. The summed E-state index contributed by atoms with van der Waals surface area (Å²) in [5.41, 5.74) is 1.48. The zero-order chi connectivity index (χ0) is 17.2. The van der Waals surface area contributed by atoms with E-state index in [9.17, 15) is 13.2 Å². The topological polar surface area (TPSA) is 92.3 Å². The van der Waals surface area contributed by atoms with Crippen LogP contribution in [0.4, 0.5) is 5.13 Å². The number of carbonyl (C=O) groups is 1. The van der Waals surface area contributed by atoms with Crippen LogP contribution in [-0.2, 0) is 14.8 Å². The molecule has 24 heavy (non-hydrogen) atoms. The van der Waals surface area contributed by atoms with Gasteiger partial charge in [0, 0.05) is 30.6 Å². The van der Waals surface area contributed by atoms with Crippen LogP contribution in [0.2, 0.25) is 0 Å². The number of hydrogen-bond donors (Lipinski definition) is 1. The highest BCUT2D eigenvalue weighted by Crippen LogP contribution is 2.25. The molecule has 1 saturated heterocycles. The molecule has 1 N–H and O–H groups in total. The number of anilines is 1. The van der Waals surface area contributed by atoms with Crippen molar-refractivity contribution in [1.82, 2.24) is 14.3 Å². The molecule has 128 valence electrons. The zero-order valence-electron chi connectivity index (χ0n) is 13.2. The van der Waals surface area contributed by atoms with E-state index < -0.39 is 10.0 Å². The summed E-state index contributed by atoms with van der Waals surface area (Å²) in [4.78, 5) is 21.0. The third kappa shape index (κ3) is 3.97. The molecule has 7 nitrogen and oxygen atoms in total. The van der Waals surface area contributed by atoms with Crippen LogP contribution in [0.25, 0.3) is 11.4 Å². The summed E-state index contributed by atoms with van der Waals surface area (Å²) in [6, 6.07) is 5.58. The smallest absolute Gasteiger partial charge is 0.229 e. The van der Waals surface area contributed by atoms with Gasteiger partial charge in [-0.2, -0.15) is 0 Å². The molecule has 1 amide bonds. The van der Waals surface area contributed by atoms with E-state index in [0.29, 0.717) is 31.1 Å². The Morgan fingerprint density at radius 1 is 1.29 bits per heavy atom. The molecule has 0 aliphatic carbocycles. The fraction of sp³-hybridized carbons (Fsp3) is 0.400. The van der Waals surface area contributed by atoms with Gasteiger partial charge in [-0.15, -0.1) is 11.3 Å². The minimum absolute atomic E-state index is 0.106. The largest absolute Gasteiger partial charge is 0.302 e. The van der Waals surface area contributed by atoms with Crippen LogP contribution < -0.4 is 5.32 Å². The average Bonchev–Trinajstić information content (AvgIpc) is 3.03. The maximum Gasteiger partial charge on any atom is 0.229 e. The van der Waals surface area contributed by atoms with E-state index in [0.717, 1.165) is 11.4 Å². The fourth-order valence-corrected chi connectivity index (χ4v) is 4.20. The third-order valence-corrected chi connectivity index (χ3v) is 6.02. The summed E-state index contributed by atoms with van der Waals surface area (Å²) < 4.78 is 24.4. The molecule has 9 heteroatoms. The summed E-state index contributed by atoms with van der Waals surface area (Å²) in [7, 11) is -3.18. The minimum Gasteiger partial charge on any atom is -0.302 e. The first kappa shape index (κ1) is 17.0. The van der Waals surface area contributed by atoms with E-state index in [2.05, 4.69) is 15.3 Å². The third-order valence-electron chi connectivity index (χ3n) is 3.96. The Labute approximate surface area is 144 Å². The molecular weight excluding hydrogens is 348 g/mol. The lowest BCUT2D eigenvalue weighted by molar-refractivity contribution is -0.120. The Morgan fingerprint density at radius 2 is 2.04 bits per heavy atom. The Morgan fingerprint density at radius 3 is 2.67 bits per heavy atom. The van der Waals surface area contributed by atoms with Crippen LogP contribution in [0.1, 0.15) is 12.8 Å². The number of nitrogens with zero attached hydrogens (tertiary/aromatic N) is 3. The van der Waals surface area contributed by atoms with Gasteiger partial charge in [0.25, 0.3) is 0 Å². The second kappa shape index (κ2) is 6.96. The summed E-state index contributed by atoms with van der Waals surface area (Å²) in [5.74, 6) is -0.296. The monoisotopic (exact) mass is 366 g/mol. The molecule has 1 aliphatic heterocycles. The minimum atomic E-state index is -3.18. The van der Waals surface area contributed by atoms with Gasteiger partial charge in [-0.3, -0.25) is 9.78 Å². The van der Waals surface area contributed by atoms with Gasteiger partial charge in [-0.05, 0) is 25.0 Å². The Kier molecular flexibility index (Phi) is 4.93. The number of thiazole rings is 1. The van der Waals surface area contributed by atoms with Crippen LogP contribution in [0.15, 0.2) is 29.8 Å². The van der Waals surface area contributed by atoms with Crippen LogP contribution in [0.3, 0.4) is 0 Å². The van der Waals surface area contributed by atoms with Gasteiger partial charge in [0.15, 0.2) is 5.13 Å². The number of rotatable bonds is 4. The molecule has 1 fully saturated rings. The Hall–Kier alpha value is -1.84. The van der Waals surface area contributed by atoms with Crippen molar-refractivity contribution in [1.29, 1.82) is 0 Å². The molecule has 0 radical (unpaired) electrons. The Bertz CT molecular complexity index is 812. The van der Waals surface area contributed by atoms with Crippen molar-refractivity contribution in [2.45, 2.75) is 12.8 Å². The molecule has 0 bridgehead atoms. The number of piperidine rings is 1. The molecule has 2 aromatic heterocycles. The van der Waals surface area contributed by atoms with Gasteiger partial charge >= 0.3 is 0 Å².